The van der Waals surface area contributed by atoms with Gasteiger partial charge in [0.15, 0.2) is 0 Å². The van der Waals surface area contributed by atoms with Gasteiger partial charge in [0, 0.05) is 5.56 Å². The molecular formula is C30H31FO. The van der Waals surface area contributed by atoms with Gasteiger partial charge < -0.3 is 4.74 Å². The second-order valence-electron chi connectivity index (χ2n) is 8.59. The van der Waals surface area contributed by atoms with Crippen molar-refractivity contribution in [1.29, 1.82) is 0 Å². The van der Waals surface area contributed by atoms with Gasteiger partial charge in [0.2, 0.25) is 0 Å². The molecular weight excluding hydrogens is 395 g/mol. The summed E-state index contributed by atoms with van der Waals surface area (Å²) < 4.78 is 21.7. The average Bonchev–Trinajstić information content (AvgIpc) is 2.85. The van der Waals surface area contributed by atoms with Gasteiger partial charge in [-0.25, -0.2) is 4.39 Å². The van der Waals surface area contributed by atoms with E-state index in [1.54, 1.807) is 6.08 Å². The molecule has 1 fully saturated rings. The van der Waals surface area contributed by atoms with Crippen LogP contribution in [0.5, 0.6) is 0 Å². The fraction of sp³-hybridized carbons (Fsp3) is 0.267. The number of benzene rings is 3. The molecule has 0 N–H and O–H groups in total. The van der Waals surface area contributed by atoms with E-state index in [-0.39, 0.29) is 11.7 Å². The van der Waals surface area contributed by atoms with Crippen LogP contribution in [0.25, 0.3) is 22.3 Å². The summed E-state index contributed by atoms with van der Waals surface area (Å²) in [5.74, 6) is 0.666. The van der Waals surface area contributed by atoms with Crippen LogP contribution in [0.4, 0.5) is 4.39 Å². The smallest absolute Gasteiger partial charge is 0.134 e. The zero-order valence-electron chi connectivity index (χ0n) is 18.6. The predicted octanol–water partition coefficient (Wildman–Crippen LogP) is 8.32. The maximum absolute atomic E-state index is 16.0. The third-order valence-corrected chi connectivity index (χ3v) is 6.58. The summed E-state index contributed by atoms with van der Waals surface area (Å²) in [5, 5.41) is 0. The Labute approximate surface area is 191 Å². The van der Waals surface area contributed by atoms with Crippen molar-refractivity contribution in [2.24, 2.45) is 5.92 Å². The summed E-state index contributed by atoms with van der Waals surface area (Å²) in [5.41, 5.74) is 5.65. The Morgan fingerprint density at radius 3 is 2.12 bits per heavy atom. The summed E-state index contributed by atoms with van der Waals surface area (Å²) in [4.78, 5) is 0. The first-order valence-corrected chi connectivity index (χ1v) is 11.5. The number of halogens is 1. The van der Waals surface area contributed by atoms with Gasteiger partial charge in [0.05, 0.1) is 13.2 Å². The predicted molar refractivity (Wildman–Crippen MR) is 132 cm³/mol. The van der Waals surface area contributed by atoms with E-state index in [1.807, 2.05) is 48.5 Å². The highest BCUT2D eigenvalue weighted by Gasteiger charge is 2.27. The second-order valence-corrected chi connectivity index (χ2v) is 8.59. The molecule has 2 heteroatoms. The topological polar surface area (TPSA) is 9.23 Å². The van der Waals surface area contributed by atoms with Crippen LogP contribution < -0.4 is 0 Å². The molecule has 0 amide bonds. The van der Waals surface area contributed by atoms with Gasteiger partial charge in [-0.15, -0.1) is 13.2 Å². The summed E-state index contributed by atoms with van der Waals surface area (Å²) >= 11 is 0. The summed E-state index contributed by atoms with van der Waals surface area (Å²) in [6.45, 7) is 8.53. The van der Waals surface area contributed by atoms with Crippen LogP contribution in [-0.4, -0.2) is 6.61 Å². The van der Waals surface area contributed by atoms with Crippen LogP contribution in [0.15, 0.2) is 92.0 Å². The normalized spacial score (nSPS) is 18.3. The summed E-state index contributed by atoms with van der Waals surface area (Å²) in [6, 6.07) is 22.4. The molecule has 0 atom stereocenters. The van der Waals surface area contributed by atoms with Crippen molar-refractivity contribution in [2.45, 2.75) is 38.2 Å². The van der Waals surface area contributed by atoms with Gasteiger partial charge in [0.25, 0.3) is 0 Å². The monoisotopic (exact) mass is 426 g/mol. The van der Waals surface area contributed by atoms with E-state index in [2.05, 4.69) is 37.4 Å². The van der Waals surface area contributed by atoms with E-state index >= 15 is 4.39 Å². The molecule has 0 aromatic heterocycles. The number of hydrogen-bond acceptors (Lipinski definition) is 1. The van der Waals surface area contributed by atoms with Crippen molar-refractivity contribution < 1.29 is 9.13 Å². The molecule has 3 aromatic carbocycles. The molecule has 0 heterocycles. The lowest BCUT2D eigenvalue weighted by atomic mass is 9.76. The minimum Gasteiger partial charge on any atom is -0.373 e. The fourth-order valence-corrected chi connectivity index (χ4v) is 4.79. The second kappa shape index (κ2) is 10.6. The van der Waals surface area contributed by atoms with Crippen molar-refractivity contribution in [2.75, 3.05) is 6.61 Å². The van der Waals surface area contributed by atoms with Gasteiger partial charge in [-0.2, -0.15) is 0 Å². The molecule has 0 saturated heterocycles. The molecule has 3 aromatic rings. The highest BCUT2D eigenvalue weighted by molar-refractivity contribution is 5.71. The maximum atomic E-state index is 16.0. The first-order valence-electron chi connectivity index (χ1n) is 11.5. The van der Waals surface area contributed by atoms with E-state index < -0.39 is 0 Å². The van der Waals surface area contributed by atoms with Crippen LogP contribution in [0, 0.1) is 11.7 Å². The molecule has 0 bridgehead atoms. The largest absolute Gasteiger partial charge is 0.373 e. The van der Waals surface area contributed by atoms with E-state index in [1.165, 1.54) is 0 Å². The van der Waals surface area contributed by atoms with E-state index in [0.717, 1.165) is 53.5 Å². The summed E-state index contributed by atoms with van der Waals surface area (Å²) in [6.07, 6.45) is 7.88. The highest BCUT2D eigenvalue weighted by Crippen LogP contribution is 2.41. The van der Waals surface area contributed by atoms with Crippen LogP contribution >= 0.6 is 0 Å². The molecule has 1 aliphatic rings. The first kappa shape index (κ1) is 22.2. The van der Waals surface area contributed by atoms with Crippen LogP contribution in [0.3, 0.4) is 0 Å². The fourth-order valence-electron chi connectivity index (χ4n) is 4.79. The molecule has 0 spiro atoms. The number of ether oxygens (including phenoxy) is 1. The molecule has 32 heavy (non-hydrogen) atoms. The Bertz CT molecular complexity index is 1040. The average molecular weight is 427 g/mol. The Kier molecular flexibility index (Phi) is 7.34. The third-order valence-electron chi connectivity index (χ3n) is 6.58. The van der Waals surface area contributed by atoms with Crippen molar-refractivity contribution in [3.63, 3.8) is 0 Å². The van der Waals surface area contributed by atoms with Gasteiger partial charge in [-0.1, -0.05) is 78.9 Å². The lowest BCUT2D eigenvalue weighted by molar-refractivity contribution is 0.147. The molecule has 4 rings (SSSR count). The third kappa shape index (κ3) is 4.92. The number of rotatable bonds is 8. The molecule has 0 aliphatic heterocycles. The lowest BCUT2D eigenvalue weighted by Gasteiger charge is -2.29. The standard InChI is InChI=1S/C30H31FO/c1-3-20-32-21-27-18-19-28(30(31)29(27)26-12-10-22(4-2)11-13-26)25-16-14-24(15-17-25)23-8-6-5-7-9-23/h3-9,14-19,22,26H,1-2,10-13,20-21H2. The summed E-state index contributed by atoms with van der Waals surface area (Å²) in [7, 11) is 0. The molecule has 164 valence electrons. The first-order chi connectivity index (χ1) is 15.7. The quantitative estimate of drug-likeness (QED) is 0.260. The Morgan fingerprint density at radius 1 is 0.812 bits per heavy atom. The molecule has 0 radical (unpaired) electrons. The molecule has 0 unspecified atom stereocenters. The lowest BCUT2D eigenvalue weighted by Crippen LogP contribution is -2.15. The Morgan fingerprint density at radius 2 is 1.47 bits per heavy atom. The minimum atomic E-state index is -0.0979. The molecule has 1 aliphatic carbocycles. The number of hydrogen-bond donors (Lipinski definition) is 0. The van der Waals surface area contributed by atoms with Gasteiger partial charge in [-0.05, 0) is 65.3 Å². The Hall–Kier alpha value is -2.97. The minimum absolute atomic E-state index is 0.0979. The molecule has 1 saturated carbocycles. The SMILES string of the molecule is C=CCOCc1ccc(-c2ccc(-c3ccccc3)cc2)c(F)c1C1CCC(C=C)CC1. The van der Waals surface area contributed by atoms with Crippen molar-refractivity contribution in [1.82, 2.24) is 0 Å². The number of allylic oxidation sites excluding steroid dienone is 1. The molecule has 1 nitrogen and oxygen atoms in total. The van der Waals surface area contributed by atoms with Gasteiger partial charge in [0.1, 0.15) is 5.82 Å². The van der Waals surface area contributed by atoms with E-state index in [0.29, 0.717) is 24.7 Å². The zero-order valence-corrected chi connectivity index (χ0v) is 18.6. The highest BCUT2D eigenvalue weighted by atomic mass is 19.1. The van der Waals surface area contributed by atoms with E-state index in [9.17, 15) is 0 Å². The zero-order chi connectivity index (χ0) is 22.3. The van der Waals surface area contributed by atoms with Crippen molar-refractivity contribution in [3.05, 3.63) is 109 Å². The van der Waals surface area contributed by atoms with Crippen molar-refractivity contribution in [3.8, 4) is 22.3 Å². The van der Waals surface area contributed by atoms with Crippen LogP contribution in [0.2, 0.25) is 0 Å². The van der Waals surface area contributed by atoms with Crippen LogP contribution in [0.1, 0.15) is 42.7 Å². The van der Waals surface area contributed by atoms with Gasteiger partial charge >= 0.3 is 0 Å². The van der Waals surface area contributed by atoms with Gasteiger partial charge in [-0.3, -0.25) is 0 Å². The van der Waals surface area contributed by atoms with E-state index in [4.69, 9.17) is 4.74 Å². The Balaban J connectivity index is 1.67. The maximum Gasteiger partial charge on any atom is 0.134 e. The van der Waals surface area contributed by atoms with Crippen LogP contribution in [-0.2, 0) is 11.3 Å². The van der Waals surface area contributed by atoms with Crippen molar-refractivity contribution >= 4 is 0 Å².